The Morgan fingerprint density at radius 1 is 0.265 bits per heavy atom. The molecular weight excluding hydrogens is 819 g/mol. The third-order valence-corrected chi connectivity index (χ3v) is 14.3. The summed E-state index contributed by atoms with van der Waals surface area (Å²) in [6.45, 7) is 0. The van der Waals surface area contributed by atoms with Gasteiger partial charge in [-0.1, -0.05) is 243 Å². The van der Waals surface area contributed by atoms with Crippen LogP contribution in [0.25, 0.3) is 76.8 Å². The normalized spacial score (nSPS) is 12.5. The maximum Gasteiger partial charge on any atom is 0.0714 e. The van der Waals surface area contributed by atoms with E-state index >= 15 is 0 Å². The summed E-state index contributed by atoms with van der Waals surface area (Å²) in [5.74, 6) is 0. The van der Waals surface area contributed by atoms with Gasteiger partial charge in [0.2, 0.25) is 0 Å². The maximum absolute atomic E-state index is 2.55. The first kappa shape index (κ1) is 39.6. The quantitative estimate of drug-likeness (QED) is 0.147. The summed E-state index contributed by atoms with van der Waals surface area (Å²) in [4.78, 5) is 2.55. The van der Waals surface area contributed by atoms with Gasteiger partial charge < -0.3 is 4.90 Å². The van der Waals surface area contributed by atoms with E-state index in [0.717, 1.165) is 28.2 Å². The lowest BCUT2D eigenvalue weighted by Crippen LogP contribution is -2.28. The van der Waals surface area contributed by atoms with E-state index in [1.807, 2.05) is 0 Å². The Morgan fingerprint density at radius 3 is 1.50 bits per heavy atom. The molecule has 0 atom stereocenters. The van der Waals surface area contributed by atoms with E-state index in [-0.39, 0.29) is 0 Å². The first-order chi connectivity index (χ1) is 33.7. The van der Waals surface area contributed by atoms with Crippen molar-refractivity contribution >= 4 is 49.4 Å². The Hall–Kier alpha value is -8.78. The summed E-state index contributed by atoms with van der Waals surface area (Å²) in [6, 6.07) is 101. The van der Waals surface area contributed by atoms with Crippen LogP contribution in [0, 0.1) is 0 Å². The van der Waals surface area contributed by atoms with Gasteiger partial charge in [-0.3, -0.25) is 0 Å². The Morgan fingerprint density at radius 2 is 0.779 bits per heavy atom. The number of anilines is 3. The van der Waals surface area contributed by atoms with Crippen LogP contribution in [0.1, 0.15) is 22.3 Å². The van der Waals surface area contributed by atoms with Crippen molar-refractivity contribution in [2.45, 2.75) is 5.41 Å². The van der Waals surface area contributed by atoms with Crippen LogP contribution in [0.2, 0.25) is 0 Å². The van der Waals surface area contributed by atoms with E-state index in [1.54, 1.807) is 0 Å². The zero-order chi connectivity index (χ0) is 45.0. The average molecular weight is 864 g/mol. The summed E-state index contributed by atoms with van der Waals surface area (Å²) in [7, 11) is 0. The Bertz CT molecular complexity index is 3800. The molecule has 1 aliphatic rings. The minimum absolute atomic E-state index is 0.556. The van der Waals surface area contributed by atoms with Gasteiger partial charge in [-0.15, -0.1) is 0 Å². The molecule has 0 unspecified atom stereocenters. The molecule has 318 valence electrons. The van der Waals surface area contributed by atoms with Crippen molar-refractivity contribution in [2.75, 3.05) is 4.90 Å². The lowest BCUT2D eigenvalue weighted by molar-refractivity contribution is 0.768. The second-order valence-electron chi connectivity index (χ2n) is 18.0. The molecule has 1 heteroatoms. The Balaban J connectivity index is 1.12. The van der Waals surface area contributed by atoms with Crippen LogP contribution in [-0.4, -0.2) is 0 Å². The van der Waals surface area contributed by atoms with Crippen LogP contribution in [0.5, 0.6) is 0 Å². The van der Waals surface area contributed by atoms with E-state index < -0.39 is 5.41 Å². The molecule has 12 aromatic rings. The predicted molar refractivity (Wildman–Crippen MR) is 287 cm³/mol. The van der Waals surface area contributed by atoms with E-state index in [1.165, 1.54) is 88.0 Å². The molecule has 0 amide bonds. The topological polar surface area (TPSA) is 3.24 Å². The third-order valence-electron chi connectivity index (χ3n) is 14.3. The monoisotopic (exact) mass is 863 g/mol. The molecule has 0 fully saturated rings. The molecule has 1 nitrogen and oxygen atoms in total. The van der Waals surface area contributed by atoms with E-state index in [4.69, 9.17) is 0 Å². The predicted octanol–water partition coefficient (Wildman–Crippen LogP) is 18.0. The molecule has 0 heterocycles. The molecule has 13 rings (SSSR count). The number of hydrogen-bond donors (Lipinski definition) is 0. The summed E-state index contributed by atoms with van der Waals surface area (Å²) in [5.41, 5.74) is 17.3. The van der Waals surface area contributed by atoms with E-state index in [9.17, 15) is 0 Å². The smallest absolute Gasteiger partial charge is 0.0714 e. The summed E-state index contributed by atoms with van der Waals surface area (Å²) in [5, 5.41) is 7.37. The van der Waals surface area contributed by atoms with Gasteiger partial charge in [0.1, 0.15) is 0 Å². The zero-order valence-corrected chi connectivity index (χ0v) is 37.4. The van der Waals surface area contributed by atoms with E-state index in [2.05, 4.69) is 278 Å². The van der Waals surface area contributed by atoms with E-state index in [0.29, 0.717) is 0 Å². The summed E-state index contributed by atoms with van der Waals surface area (Å²) in [6.07, 6.45) is 0. The lowest BCUT2D eigenvalue weighted by atomic mass is 9.68. The van der Waals surface area contributed by atoms with Crippen LogP contribution in [-0.2, 0) is 5.41 Å². The van der Waals surface area contributed by atoms with Crippen LogP contribution < -0.4 is 4.90 Å². The largest absolute Gasteiger partial charge is 0.309 e. The van der Waals surface area contributed by atoms with Crippen molar-refractivity contribution in [3.8, 4) is 44.5 Å². The summed E-state index contributed by atoms with van der Waals surface area (Å²) >= 11 is 0. The highest BCUT2D eigenvalue weighted by atomic mass is 15.1. The van der Waals surface area contributed by atoms with Crippen molar-refractivity contribution in [3.05, 3.63) is 295 Å². The number of hydrogen-bond acceptors (Lipinski definition) is 1. The molecule has 68 heavy (non-hydrogen) atoms. The van der Waals surface area contributed by atoms with Crippen molar-refractivity contribution in [1.82, 2.24) is 0 Å². The molecule has 0 aromatic heterocycles. The van der Waals surface area contributed by atoms with Gasteiger partial charge in [0.15, 0.2) is 0 Å². The second-order valence-corrected chi connectivity index (χ2v) is 18.0. The first-order valence-electron chi connectivity index (χ1n) is 23.6. The number of fused-ring (bicyclic) bond motifs is 6. The number of rotatable bonds is 8. The highest BCUT2D eigenvalue weighted by Gasteiger charge is 2.47. The van der Waals surface area contributed by atoms with Gasteiger partial charge in [0, 0.05) is 16.8 Å². The standard InChI is InChI=1S/C67H45N/c1-3-24-53(25-4-1)67(54-26-5-2-6-27-54)62-33-14-13-30-61(62)66-63(67)34-17-35-64(66)68(55-41-38-47(39-42-55)51-37-36-46-18-7-8-21-50(46)44-51)65-45-52(58-31-15-22-48-19-9-11-28-56(48)58)40-43-60(65)59-32-16-23-49-20-10-12-29-57(49)59/h1-45H. The highest BCUT2D eigenvalue weighted by molar-refractivity contribution is 6.06. The van der Waals surface area contributed by atoms with Gasteiger partial charge in [-0.05, 0) is 118 Å². The molecule has 0 radical (unpaired) electrons. The Labute approximate surface area is 397 Å². The Kier molecular flexibility index (Phi) is 9.47. The fraction of sp³-hybridized carbons (Fsp3) is 0.0149. The lowest BCUT2D eigenvalue weighted by Gasteiger charge is -2.35. The van der Waals surface area contributed by atoms with Crippen LogP contribution >= 0.6 is 0 Å². The molecule has 0 aliphatic heterocycles. The minimum Gasteiger partial charge on any atom is -0.309 e. The van der Waals surface area contributed by atoms with Gasteiger partial charge in [-0.25, -0.2) is 0 Å². The average Bonchev–Trinajstić information content (AvgIpc) is 3.73. The molecule has 0 saturated heterocycles. The van der Waals surface area contributed by atoms with Crippen molar-refractivity contribution in [1.29, 1.82) is 0 Å². The molecular formula is C67H45N. The zero-order valence-electron chi connectivity index (χ0n) is 37.4. The van der Waals surface area contributed by atoms with Crippen molar-refractivity contribution in [3.63, 3.8) is 0 Å². The number of benzene rings is 12. The van der Waals surface area contributed by atoms with Crippen molar-refractivity contribution in [2.24, 2.45) is 0 Å². The second kappa shape index (κ2) is 16.3. The van der Waals surface area contributed by atoms with Crippen LogP contribution in [0.15, 0.2) is 273 Å². The molecule has 12 aromatic carbocycles. The van der Waals surface area contributed by atoms with Gasteiger partial charge in [0.25, 0.3) is 0 Å². The molecule has 0 saturated carbocycles. The first-order valence-corrected chi connectivity index (χ1v) is 23.6. The number of nitrogens with zero attached hydrogens (tertiary/aromatic N) is 1. The maximum atomic E-state index is 2.55. The summed E-state index contributed by atoms with van der Waals surface area (Å²) < 4.78 is 0. The van der Waals surface area contributed by atoms with Gasteiger partial charge >= 0.3 is 0 Å². The SMILES string of the molecule is c1ccc(C2(c3ccccc3)c3ccccc3-c3c(N(c4ccc(-c5ccc6ccccc6c5)cc4)c4cc(-c5cccc6ccccc56)ccc4-c4cccc5ccccc45)cccc32)cc1. The molecule has 0 spiro atoms. The molecule has 0 bridgehead atoms. The fourth-order valence-corrected chi connectivity index (χ4v) is 11.3. The van der Waals surface area contributed by atoms with Crippen LogP contribution in [0.4, 0.5) is 17.1 Å². The minimum atomic E-state index is -0.556. The van der Waals surface area contributed by atoms with Crippen LogP contribution in [0.3, 0.4) is 0 Å². The molecule has 0 N–H and O–H groups in total. The third kappa shape index (κ3) is 6.32. The highest BCUT2D eigenvalue weighted by Crippen LogP contribution is 2.60. The van der Waals surface area contributed by atoms with Gasteiger partial charge in [0.05, 0.1) is 16.8 Å². The fourth-order valence-electron chi connectivity index (χ4n) is 11.3. The molecule has 1 aliphatic carbocycles. The van der Waals surface area contributed by atoms with Crippen molar-refractivity contribution < 1.29 is 0 Å². The van der Waals surface area contributed by atoms with Gasteiger partial charge in [-0.2, -0.15) is 0 Å².